The van der Waals surface area contributed by atoms with Crippen LogP contribution in [0.25, 0.3) is 0 Å². The van der Waals surface area contributed by atoms with Gasteiger partial charge in [-0.1, -0.05) is 0 Å². The van der Waals surface area contributed by atoms with Gasteiger partial charge in [-0.05, 0) is 0 Å². The first-order valence-electron chi connectivity index (χ1n) is 7.33. The van der Waals surface area contributed by atoms with Crippen LogP contribution in [0.15, 0.2) is 29.5 Å². The minimum atomic E-state index is -0.0398. The normalized spacial score (nSPS) is 16.1. The van der Waals surface area contributed by atoms with E-state index < -0.39 is 0 Å². The monoisotopic (exact) mass is 360 g/mol. The van der Waals surface area contributed by atoms with Crippen LogP contribution in [0.5, 0.6) is 11.5 Å². The van der Waals surface area contributed by atoms with Crippen molar-refractivity contribution in [1.29, 1.82) is 0 Å². The molecule has 3 rings (SSSR count). The van der Waals surface area contributed by atoms with E-state index in [-0.39, 0.29) is 18.5 Å². The van der Waals surface area contributed by atoms with E-state index in [1.165, 1.54) is 0 Å². The summed E-state index contributed by atoms with van der Waals surface area (Å²) in [5.41, 5.74) is 0. The maximum Gasteiger partial charge on any atom is 0.243 e. The van der Waals surface area contributed by atoms with E-state index in [0.717, 1.165) is 18.0 Å². The van der Waals surface area contributed by atoms with Crippen LogP contribution in [0.3, 0.4) is 0 Å². The van der Waals surface area contributed by atoms with Gasteiger partial charge < -0.3 is 31.4 Å². The van der Waals surface area contributed by atoms with Gasteiger partial charge in [0.15, 0.2) is 17.6 Å². The van der Waals surface area contributed by atoms with Gasteiger partial charge in [-0.2, -0.15) is 0 Å². The summed E-state index contributed by atoms with van der Waals surface area (Å²) in [6.45, 7) is 3.74. The number of hydrogen-bond acceptors (Lipinski definition) is 5. The quantitative estimate of drug-likeness (QED) is 0.414. The molecule has 128 valence electrons. The fraction of sp³-hybridized carbons (Fsp3) is 0.533. The smallest absolute Gasteiger partial charge is 0.243 e. The average Bonchev–Trinajstić information content (AvgIpc) is 3.14. The van der Waals surface area contributed by atoms with Crippen molar-refractivity contribution in [3.8, 4) is 11.5 Å². The number of halogens is 1. The molecule has 0 spiro atoms. The Hall–Kier alpha value is -1.28. The molecule has 0 radical (unpaired) electrons. The Morgan fingerprint density at radius 2 is 2.09 bits per heavy atom. The van der Waals surface area contributed by atoms with Crippen molar-refractivity contribution in [2.24, 2.45) is 7.05 Å². The molecule has 2 aromatic rings. The molecule has 0 N–H and O–H groups in total. The Morgan fingerprint density at radius 1 is 1.26 bits per heavy atom. The third-order valence-corrected chi connectivity index (χ3v) is 4.00. The second-order valence-corrected chi connectivity index (χ2v) is 5.90. The minimum absolute atomic E-state index is 0. The molecular formula is C15H21ClN2O4S. The molecule has 0 fully saturated rings. The lowest BCUT2D eigenvalue weighted by Gasteiger charge is -2.24. The average molecular weight is 361 g/mol. The van der Waals surface area contributed by atoms with Gasteiger partial charge >= 0.3 is 0 Å². The van der Waals surface area contributed by atoms with Crippen molar-refractivity contribution in [3.05, 3.63) is 29.5 Å². The van der Waals surface area contributed by atoms with Crippen LogP contribution >= 0.6 is 11.3 Å². The van der Waals surface area contributed by atoms with Gasteiger partial charge in [-0.3, -0.25) is 0 Å². The molecule has 3 heterocycles. The molecule has 1 aliphatic heterocycles. The SMILES string of the molecule is Cn1cc[n+](CCOCCOCC2COc3cscc3O2)c1.[Cl-]. The first-order chi connectivity index (χ1) is 10.8. The standard InChI is InChI=1S/C15H21N2O4S.ClH/c1-16-2-3-17(12-16)4-5-18-6-7-19-8-13-9-20-14-10-22-11-15(14)21-13;/h2-3,10-13H,4-9H2,1H3;1H/q+1;/p-1. The Bertz CT molecular complexity index is 590. The van der Waals surface area contributed by atoms with Crippen LogP contribution in [0, 0.1) is 0 Å². The minimum Gasteiger partial charge on any atom is -1.00 e. The van der Waals surface area contributed by atoms with E-state index in [2.05, 4.69) is 4.57 Å². The predicted octanol–water partition coefficient (Wildman–Crippen LogP) is -1.75. The predicted molar refractivity (Wildman–Crippen MR) is 81.5 cm³/mol. The van der Waals surface area contributed by atoms with Crippen molar-refractivity contribution in [1.82, 2.24) is 4.57 Å². The summed E-state index contributed by atoms with van der Waals surface area (Å²) in [5, 5.41) is 3.90. The maximum absolute atomic E-state index is 5.77. The highest BCUT2D eigenvalue weighted by Gasteiger charge is 2.21. The molecule has 2 aromatic heterocycles. The molecule has 23 heavy (non-hydrogen) atoms. The molecule has 0 saturated carbocycles. The van der Waals surface area contributed by atoms with Gasteiger partial charge in [0.1, 0.15) is 25.5 Å². The fourth-order valence-electron chi connectivity index (χ4n) is 2.18. The van der Waals surface area contributed by atoms with Crippen LogP contribution in [0.4, 0.5) is 0 Å². The summed E-state index contributed by atoms with van der Waals surface area (Å²) >= 11 is 1.58. The number of hydrogen-bond donors (Lipinski definition) is 0. The molecule has 0 amide bonds. The molecule has 0 aromatic carbocycles. The summed E-state index contributed by atoms with van der Waals surface area (Å²) in [6, 6.07) is 0. The topological polar surface area (TPSA) is 45.7 Å². The summed E-state index contributed by atoms with van der Waals surface area (Å²) < 4.78 is 26.6. The molecule has 1 aliphatic rings. The summed E-state index contributed by atoms with van der Waals surface area (Å²) in [5.74, 6) is 1.66. The number of ether oxygens (including phenoxy) is 4. The first-order valence-corrected chi connectivity index (χ1v) is 8.27. The van der Waals surface area contributed by atoms with Crippen molar-refractivity contribution < 1.29 is 35.9 Å². The number of fused-ring (bicyclic) bond motifs is 1. The molecule has 0 saturated heterocycles. The van der Waals surface area contributed by atoms with Gasteiger partial charge in [-0.25, -0.2) is 9.13 Å². The molecule has 6 nitrogen and oxygen atoms in total. The largest absolute Gasteiger partial charge is 1.00 e. The zero-order chi connectivity index (χ0) is 15.2. The third kappa shape index (κ3) is 5.39. The second-order valence-electron chi connectivity index (χ2n) is 5.16. The molecule has 0 bridgehead atoms. The van der Waals surface area contributed by atoms with Crippen LogP contribution < -0.4 is 26.4 Å². The lowest BCUT2D eigenvalue weighted by Crippen LogP contribution is -3.00. The molecular weight excluding hydrogens is 340 g/mol. The molecule has 0 aliphatic carbocycles. The van der Waals surface area contributed by atoms with Gasteiger partial charge in [0.05, 0.1) is 33.5 Å². The van der Waals surface area contributed by atoms with Gasteiger partial charge in [0.2, 0.25) is 6.33 Å². The number of aryl methyl sites for hydroxylation is 1. The maximum atomic E-state index is 5.77. The number of rotatable bonds is 8. The zero-order valence-corrected chi connectivity index (χ0v) is 14.6. The van der Waals surface area contributed by atoms with Crippen LogP contribution in [0.2, 0.25) is 0 Å². The van der Waals surface area contributed by atoms with E-state index >= 15 is 0 Å². The summed E-state index contributed by atoms with van der Waals surface area (Å²) in [6.07, 6.45) is 6.02. The van der Waals surface area contributed by atoms with E-state index in [1.54, 1.807) is 11.3 Å². The number of imidazole rings is 1. The Kier molecular flexibility index (Phi) is 7.16. The Morgan fingerprint density at radius 3 is 2.91 bits per heavy atom. The molecule has 1 unspecified atom stereocenters. The van der Waals surface area contributed by atoms with E-state index in [1.807, 2.05) is 41.1 Å². The summed E-state index contributed by atoms with van der Waals surface area (Å²) in [7, 11) is 2.00. The Labute approximate surface area is 145 Å². The van der Waals surface area contributed by atoms with Crippen molar-refractivity contribution in [2.75, 3.05) is 33.0 Å². The van der Waals surface area contributed by atoms with Crippen molar-refractivity contribution >= 4 is 11.3 Å². The van der Waals surface area contributed by atoms with E-state index in [0.29, 0.717) is 33.0 Å². The van der Waals surface area contributed by atoms with Gasteiger partial charge in [-0.15, -0.1) is 11.3 Å². The third-order valence-electron chi connectivity index (χ3n) is 3.30. The van der Waals surface area contributed by atoms with Crippen molar-refractivity contribution in [3.63, 3.8) is 0 Å². The zero-order valence-electron chi connectivity index (χ0n) is 13.0. The lowest BCUT2D eigenvalue weighted by molar-refractivity contribution is -0.697. The Balaban J connectivity index is 0.00000192. The highest BCUT2D eigenvalue weighted by atomic mass is 35.5. The van der Waals surface area contributed by atoms with Gasteiger partial charge in [0.25, 0.3) is 0 Å². The van der Waals surface area contributed by atoms with Crippen LogP contribution in [-0.4, -0.2) is 43.7 Å². The van der Waals surface area contributed by atoms with Gasteiger partial charge in [0, 0.05) is 10.8 Å². The fourth-order valence-corrected chi connectivity index (χ4v) is 2.85. The highest BCUT2D eigenvalue weighted by Crippen LogP contribution is 2.35. The molecule has 8 heteroatoms. The second kappa shape index (κ2) is 9.12. The first kappa shape index (κ1) is 18.1. The van der Waals surface area contributed by atoms with Crippen LogP contribution in [0.1, 0.15) is 0 Å². The van der Waals surface area contributed by atoms with E-state index in [4.69, 9.17) is 18.9 Å². The number of aromatic nitrogens is 2. The highest BCUT2D eigenvalue weighted by molar-refractivity contribution is 7.08. The summed E-state index contributed by atoms with van der Waals surface area (Å²) in [4.78, 5) is 0. The number of nitrogens with zero attached hydrogens (tertiary/aromatic N) is 2. The van der Waals surface area contributed by atoms with Crippen LogP contribution in [-0.2, 0) is 23.1 Å². The van der Waals surface area contributed by atoms with Crippen molar-refractivity contribution in [2.45, 2.75) is 12.6 Å². The van der Waals surface area contributed by atoms with E-state index in [9.17, 15) is 0 Å². The lowest BCUT2D eigenvalue weighted by atomic mass is 10.3. The molecule has 1 atom stereocenters. The number of thiophene rings is 1.